The molecule has 0 aliphatic rings. The average molecular weight is 843 g/mol. The molecule has 0 aliphatic carbocycles. The molecule has 8 nitrogen and oxygen atoms in total. The van der Waals surface area contributed by atoms with Crippen LogP contribution < -0.4 is 10.2 Å². The topological polar surface area (TPSA) is 108 Å². The lowest BCUT2D eigenvalue weighted by Gasteiger charge is -2.29. The summed E-state index contributed by atoms with van der Waals surface area (Å²) in [6.07, 6.45) is 48.3. The first-order valence-corrected chi connectivity index (χ1v) is 26.5. The highest BCUT2D eigenvalue weighted by atomic mass is 31.2. The molecular formula is C49H99N2O6P. The number of phosphoric ester groups is 1. The fraction of sp³-hybridized carbons (Fsp3) is 0.939. The van der Waals surface area contributed by atoms with Gasteiger partial charge in [0.2, 0.25) is 5.91 Å². The number of quaternary nitrogens is 1. The Morgan fingerprint density at radius 3 is 1.29 bits per heavy atom. The summed E-state index contributed by atoms with van der Waals surface area (Å²) in [5.41, 5.74) is 0. The third kappa shape index (κ3) is 43.3. The van der Waals surface area contributed by atoms with Gasteiger partial charge in [-0.1, -0.05) is 231 Å². The summed E-state index contributed by atoms with van der Waals surface area (Å²) < 4.78 is 23.3. The van der Waals surface area contributed by atoms with Gasteiger partial charge in [-0.25, -0.2) is 0 Å². The third-order valence-corrected chi connectivity index (χ3v) is 12.5. The second kappa shape index (κ2) is 41.6. The van der Waals surface area contributed by atoms with Crippen LogP contribution in [-0.4, -0.2) is 68.5 Å². The molecule has 0 radical (unpaired) electrons. The van der Waals surface area contributed by atoms with Gasteiger partial charge in [-0.15, -0.1) is 0 Å². The Balaban J connectivity index is 4.31. The molecule has 0 aromatic rings. The number of hydrogen-bond donors (Lipinski definition) is 2. The lowest BCUT2D eigenvalue weighted by molar-refractivity contribution is -0.870. The molecule has 0 fully saturated rings. The lowest BCUT2D eigenvalue weighted by Crippen LogP contribution is -2.45. The van der Waals surface area contributed by atoms with E-state index in [1.807, 2.05) is 27.2 Å². The molecular weight excluding hydrogens is 744 g/mol. The van der Waals surface area contributed by atoms with Crippen LogP contribution >= 0.6 is 7.82 Å². The van der Waals surface area contributed by atoms with Gasteiger partial charge < -0.3 is 28.8 Å². The Kier molecular flexibility index (Phi) is 41.0. The van der Waals surface area contributed by atoms with Crippen molar-refractivity contribution in [3.05, 3.63) is 12.2 Å². The van der Waals surface area contributed by atoms with Crippen molar-refractivity contribution in [1.82, 2.24) is 5.32 Å². The van der Waals surface area contributed by atoms with Crippen LogP contribution in [0.25, 0.3) is 0 Å². The van der Waals surface area contributed by atoms with E-state index in [0.29, 0.717) is 17.4 Å². The summed E-state index contributed by atoms with van der Waals surface area (Å²) in [4.78, 5) is 25.4. The van der Waals surface area contributed by atoms with Gasteiger partial charge in [0, 0.05) is 6.42 Å². The fourth-order valence-corrected chi connectivity index (χ4v) is 8.23. The van der Waals surface area contributed by atoms with Crippen LogP contribution in [0.2, 0.25) is 0 Å². The first-order chi connectivity index (χ1) is 28.0. The second-order valence-electron chi connectivity index (χ2n) is 18.5. The highest BCUT2D eigenvalue weighted by Crippen LogP contribution is 2.38. The van der Waals surface area contributed by atoms with Gasteiger partial charge in [-0.05, 0) is 19.3 Å². The van der Waals surface area contributed by atoms with E-state index < -0.39 is 20.0 Å². The first-order valence-electron chi connectivity index (χ1n) is 25.1. The van der Waals surface area contributed by atoms with Crippen LogP contribution in [-0.2, 0) is 18.4 Å². The molecule has 58 heavy (non-hydrogen) atoms. The van der Waals surface area contributed by atoms with Crippen molar-refractivity contribution in [2.75, 3.05) is 40.9 Å². The number of amides is 1. The zero-order chi connectivity index (χ0) is 42.8. The van der Waals surface area contributed by atoms with Crippen molar-refractivity contribution in [3.63, 3.8) is 0 Å². The minimum Gasteiger partial charge on any atom is -0.756 e. The van der Waals surface area contributed by atoms with E-state index in [1.165, 1.54) is 186 Å². The molecule has 9 heteroatoms. The predicted molar refractivity (Wildman–Crippen MR) is 247 cm³/mol. The van der Waals surface area contributed by atoms with Crippen molar-refractivity contribution < 1.29 is 32.9 Å². The monoisotopic (exact) mass is 843 g/mol. The molecule has 0 aromatic heterocycles. The molecule has 3 unspecified atom stereocenters. The molecule has 0 saturated heterocycles. The van der Waals surface area contributed by atoms with E-state index in [4.69, 9.17) is 9.05 Å². The number of phosphoric acid groups is 1. The van der Waals surface area contributed by atoms with Crippen LogP contribution in [0.4, 0.5) is 0 Å². The van der Waals surface area contributed by atoms with Gasteiger partial charge in [0.25, 0.3) is 7.82 Å². The molecule has 0 rings (SSSR count). The lowest BCUT2D eigenvalue weighted by atomic mass is 10.0. The molecule has 3 atom stereocenters. The van der Waals surface area contributed by atoms with Gasteiger partial charge in [0.15, 0.2) is 0 Å². The molecule has 0 saturated carbocycles. The number of aliphatic hydroxyl groups is 1. The number of carbonyl (C=O) groups is 1. The standard InChI is InChI=1S/C49H99N2O6P/c1-6-8-10-12-14-16-18-20-22-24-25-26-27-28-30-32-34-36-38-40-42-48(52)47(46-57-58(54,55)56-45-44-51(3,4)5)50-49(53)43-41-39-37-35-33-31-29-23-21-19-17-15-13-11-9-7-2/h40,42,47-48,52H,6-39,41,43-46H2,1-5H3,(H-,50,53,54,55)/b42-40+. The van der Waals surface area contributed by atoms with Gasteiger partial charge in [0.1, 0.15) is 13.2 Å². The maximum absolute atomic E-state index is 12.9. The van der Waals surface area contributed by atoms with Crippen LogP contribution in [0.1, 0.15) is 245 Å². The molecule has 0 spiro atoms. The van der Waals surface area contributed by atoms with Crippen molar-refractivity contribution in [3.8, 4) is 0 Å². The molecule has 346 valence electrons. The zero-order valence-corrected chi connectivity index (χ0v) is 40.2. The quantitative estimate of drug-likeness (QED) is 0.0273. The smallest absolute Gasteiger partial charge is 0.268 e. The van der Waals surface area contributed by atoms with E-state index in [-0.39, 0.29) is 19.1 Å². The molecule has 0 heterocycles. The Bertz CT molecular complexity index is 958. The molecule has 0 aromatic carbocycles. The van der Waals surface area contributed by atoms with Crippen LogP contribution in [0.15, 0.2) is 12.2 Å². The predicted octanol–water partition coefficient (Wildman–Crippen LogP) is 13.7. The second-order valence-corrected chi connectivity index (χ2v) is 19.9. The number of aliphatic hydroxyl groups excluding tert-OH is 1. The molecule has 2 N–H and O–H groups in total. The maximum Gasteiger partial charge on any atom is 0.268 e. The fourth-order valence-electron chi connectivity index (χ4n) is 7.51. The molecule has 1 amide bonds. The number of likely N-dealkylation sites (N-methyl/N-ethyl adjacent to an activating group) is 1. The number of unbranched alkanes of at least 4 members (excludes halogenated alkanes) is 33. The average Bonchev–Trinajstić information content (AvgIpc) is 3.17. The number of carbonyl (C=O) groups excluding carboxylic acids is 1. The van der Waals surface area contributed by atoms with E-state index in [9.17, 15) is 19.4 Å². The number of allylic oxidation sites excluding steroid dienone is 1. The van der Waals surface area contributed by atoms with Crippen LogP contribution in [0.5, 0.6) is 0 Å². The van der Waals surface area contributed by atoms with Gasteiger partial charge in [0.05, 0.1) is 39.9 Å². The highest BCUT2D eigenvalue weighted by molar-refractivity contribution is 7.45. The van der Waals surface area contributed by atoms with E-state index in [2.05, 4.69) is 19.2 Å². The Morgan fingerprint density at radius 1 is 0.586 bits per heavy atom. The minimum absolute atomic E-state index is 0.00240. The summed E-state index contributed by atoms with van der Waals surface area (Å²) in [7, 11) is 1.27. The van der Waals surface area contributed by atoms with Gasteiger partial charge in [-0.2, -0.15) is 0 Å². The summed E-state index contributed by atoms with van der Waals surface area (Å²) >= 11 is 0. The van der Waals surface area contributed by atoms with E-state index >= 15 is 0 Å². The number of hydrogen-bond acceptors (Lipinski definition) is 6. The largest absolute Gasteiger partial charge is 0.756 e. The van der Waals surface area contributed by atoms with Gasteiger partial charge in [-0.3, -0.25) is 9.36 Å². The summed E-state index contributed by atoms with van der Waals surface area (Å²) in [6, 6.07) is -0.880. The number of nitrogens with one attached hydrogen (secondary N) is 1. The van der Waals surface area contributed by atoms with Gasteiger partial charge >= 0.3 is 0 Å². The SMILES string of the molecule is CCCCCCCCCCCCCCCCCCCC/C=C/C(O)C(COP(=O)([O-])OCC[N+](C)(C)C)NC(=O)CCCCCCCCCCCCCCCCCC. The highest BCUT2D eigenvalue weighted by Gasteiger charge is 2.23. The maximum atomic E-state index is 12.9. The Hall–Kier alpha value is -0.760. The summed E-state index contributed by atoms with van der Waals surface area (Å²) in [5, 5.41) is 13.8. The molecule has 0 bridgehead atoms. The van der Waals surface area contributed by atoms with Crippen molar-refractivity contribution in [2.45, 2.75) is 257 Å². The summed E-state index contributed by atoms with van der Waals surface area (Å²) in [6.45, 7) is 4.68. The first kappa shape index (κ1) is 57.2. The van der Waals surface area contributed by atoms with Crippen molar-refractivity contribution >= 4 is 13.7 Å². The third-order valence-electron chi connectivity index (χ3n) is 11.5. The van der Waals surface area contributed by atoms with E-state index in [1.54, 1.807) is 6.08 Å². The Labute approximate surface area is 361 Å². The van der Waals surface area contributed by atoms with Crippen molar-refractivity contribution in [2.24, 2.45) is 0 Å². The number of rotatable bonds is 46. The minimum atomic E-state index is -4.59. The summed E-state index contributed by atoms with van der Waals surface area (Å²) in [5.74, 6) is -0.193. The van der Waals surface area contributed by atoms with Crippen LogP contribution in [0, 0.1) is 0 Å². The zero-order valence-electron chi connectivity index (χ0n) is 39.3. The van der Waals surface area contributed by atoms with Crippen molar-refractivity contribution in [1.29, 1.82) is 0 Å². The van der Waals surface area contributed by atoms with E-state index in [0.717, 1.165) is 38.5 Å². The Morgan fingerprint density at radius 2 is 0.931 bits per heavy atom. The number of nitrogens with zero attached hydrogens (tertiary/aromatic N) is 1. The normalized spacial score (nSPS) is 14.3. The van der Waals surface area contributed by atoms with Crippen LogP contribution in [0.3, 0.4) is 0 Å². The molecule has 0 aliphatic heterocycles.